The fourth-order valence-electron chi connectivity index (χ4n) is 4.04. The summed E-state index contributed by atoms with van der Waals surface area (Å²) in [5.74, 6) is 1.88. The van der Waals surface area contributed by atoms with Gasteiger partial charge >= 0.3 is 0 Å². The van der Waals surface area contributed by atoms with E-state index >= 15 is 0 Å². The molecule has 0 aliphatic carbocycles. The van der Waals surface area contributed by atoms with E-state index in [-0.39, 0.29) is 24.0 Å². The number of hydrogen-bond acceptors (Lipinski definition) is 4. The standard InChI is InChI=1S/C23H37N3O3.HI/c1-4-24-23(25-16-19-13-18(2)14-22(15-19)27-3)26-10-8-20(9-11-26)29-17-21-7-5-6-12-28-21;/h13-15,20-21H,4-12,16-17H2,1-3H3,(H,24,25);1H. The van der Waals surface area contributed by atoms with Gasteiger partial charge in [0, 0.05) is 26.2 Å². The van der Waals surface area contributed by atoms with Gasteiger partial charge in [-0.2, -0.15) is 0 Å². The lowest BCUT2D eigenvalue weighted by Gasteiger charge is -2.35. The van der Waals surface area contributed by atoms with Crippen molar-refractivity contribution in [3.05, 3.63) is 29.3 Å². The van der Waals surface area contributed by atoms with Crippen LogP contribution in [0.25, 0.3) is 0 Å². The predicted octanol–water partition coefficient (Wildman–Crippen LogP) is 4.14. The number of piperidine rings is 1. The number of benzene rings is 1. The van der Waals surface area contributed by atoms with Gasteiger partial charge in [-0.3, -0.25) is 0 Å². The summed E-state index contributed by atoms with van der Waals surface area (Å²) in [5.41, 5.74) is 2.36. The number of guanidine groups is 1. The quantitative estimate of drug-likeness (QED) is 0.326. The van der Waals surface area contributed by atoms with Gasteiger partial charge in [0.15, 0.2) is 5.96 Å². The summed E-state index contributed by atoms with van der Waals surface area (Å²) in [6, 6.07) is 6.28. The van der Waals surface area contributed by atoms with Crippen molar-refractivity contribution in [3.63, 3.8) is 0 Å². The highest BCUT2D eigenvalue weighted by Gasteiger charge is 2.23. The lowest BCUT2D eigenvalue weighted by molar-refractivity contribution is -0.0721. The van der Waals surface area contributed by atoms with E-state index in [2.05, 4.69) is 36.2 Å². The summed E-state index contributed by atoms with van der Waals surface area (Å²) >= 11 is 0. The molecule has 3 rings (SSSR count). The molecular weight excluding hydrogens is 493 g/mol. The molecule has 2 fully saturated rings. The minimum Gasteiger partial charge on any atom is -0.497 e. The molecule has 6 nitrogen and oxygen atoms in total. The summed E-state index contributed by atoms with van der Waals surface area (Å²) in [6.45, 7) is 9.30. The number of aryl methyl sites for hydroxylation is 1. The SMILES string of the molecule is CCNC(=NCc1cc(C)cc(OC)c1)N1CCC(OCC2CCCCO2)CC1.I. The van der Waals surface area contributed by atoms with Gasteiger partial charge in [-0.05, 0) is 69.2 Å². The van der Waals surface area contributed by atoms with Crippen LogP contribution in [-0.4, -0.2) is 63.0 Å². The van der Waals surface area contributed by atoms with E-state index < -0.39 is 0 Å². The Labute approximate surface area is 198 Å². The molecule has 0 amide bonds. The number of aliphatic imine (C=N–C) groups is 1. The Morgan fingerprint density at radius 2 is 2.00 bits per heavy atom. The molecule has 0 saturated carbocycles. The Kier molecular flexibility index (Phi) is 11.2. The molecule has 2 aliphatic rings. The number of rotatable bonds is 7. The van der Waals surface area contributed by atoms with E-state index in [1.165, 1.54) is 24.0 Å². The van der Waals surface area contributed by atoms with Crippen LogP contribution in [0.1, 0.15) is 50.2 Å². The Morgan fingerprint density at radius 3 is 2.67 bits per heavy atom. The Balaban J connectivity index is 0.00000320. The number of methoxy groups -OCH3 is 1. The van der Waals surface area contributed by atoms with Gasteiger partial charge in [0.25, 0.3) is 0 Å². The van der Waals surface area contributed by atoms with Gasteiger partial charge < -0.3 is 24.4 Å². The van der Waals surface area contributed by atoms with Gasteiger partial charge in [-0.25, -0.2) is 4.99 Å². The molecule has 170 valence electrons. The fraction of sp³-hybridized carbons (Fsp3) is 0.696. The molecule has 2 aliphatic heterocycles. The zero-order valence-corrected chi connectivity index (χ0v) is 21.0. The summed E-state index contributed by atoms with van der Waals surface area (Å²) in [4.78, 5) is 7.24. The zero-order valence-electron chi connectivity index (χ0n) is 18.7. The van der Waals surface area contributed by atoms with Crippen molar-refractivity contribution in [1.82, 2.24) is 10.2 Å². The molecular formula is C23H38IN3O3. The summed E-state index contributed by atoms with van der Waals surface area (Å²) in [7, 11) is 1.71. The fourth-order valence-corrected chi connectivity index (χ4v) is 4.04. The third kappa shape index (κ3) is 7.89. The molecule has 2 heterocycles. The van der Waals surface area contributed by atoms with Gasteiger partial charge in [0.05, 0.1) is 32.5 Å². The van der Waals surface area contributed by atoms with Crippen LogP contribution < -0.4 is 10.1 Å². The maximum atomic E-state index is 6.15. The van der Waals surface area contributed by atoms with E-state index in [0.717, 1.165) is 63.8 Å². The van der Waals surface area contributed by atoms with Crippen molar-refractivity contribution in [1.29, 1.82) is 0 Å². The average molecular weight is 531 g/mol. The van der Waals surface area contributed by atoms with Crippen LogP contribution in [0.5, 0.6) is 5.75 Å². The van der Waals surface area contributed by atoms with Crippen molar-refractivity contribution >= 4 is 29.9 Å². The van der Waals surface area contributed by atoms with Crippen LogP contribution in [0.2, 0.25) is 0 Å². The molecule has 1 aromatic rings. The first-order valence-corrected chi connectivity index (χ1v) is 11.1. The van der Waals surface area contributed by atoms with E-state index in [1.807, 2.05) is 6.07 Å². The molecule has 0 aromatic heterocycles. The lowest BCUT2D eigenvalue weighted by Crippen LogP contribution is -2.47. The molecule has 1 atom stereocenters. The van der Waals surface area contributed by atoms with Crippen LogP contribution in [0.3, 0.4) is 0 Å². The maximum absolute atomic E-state index is 6.15. The van der Waals surface area contributed by atoms with Crippen LogP contribution in [0.4, 0.5) is 0 Å². The molecule has 1 unspecified atom stereocenters. The Hall–Kier alpha value is -1.06. The summed E-state index contributed by atoms with van der Waals surface area (Å²) in [6.07, 6.45) is 6.30. The molecule has 0 radical (unpaired) electrons. The zero-order chi connectivity index (χ0) is 20.5. The molecule has 7 heteroatoms. The summed E-state index contributed by atoms with van der Waals surface area (Å²) in [5, 5.41) is 3.45. The molecule has 1 N–H and O–H groups in total. The van der Waals surface area contributed by atoms with Crippen molar-refractivity contribution in [2.24, 2.45) is 4.99 Å². The van der Waals surface area contributed by atoms with E-state index in [0.29, 0.717) is 18.8 Å². The minimum absolute atomic E-state index is 0. The monoisotopic (exact) mass is 531 g/mol. The first kappa shape index (κ1) is 25.2. The highest BCUT2D eigenvalue weighted by molar-refractivity contribution is 14.0. The molecule has 0 spiro atoms. The number of ether oxygens (including phenoxy) is 3. The van der Waals surface area contributed by atoms with Crippen LogP contribution in [0.15, 0.2) is 23.2 Å². The first-order valence-electron chi connectivity index (χ1n) is 11.1. The second-order valence-electron chi connectivity index (χ2n) is 8.04. The van der Waals surface area contributed by atoms with Gasteiger partial charge in [0.2, 0.25) is 0 Å². The van der Waals surface area contributed by atoms with E-state index in [9.17, 15) is 0 Å². The molecule has 30 heavy (non-hydrogen) atoms. The molecule has 2 saturated heterocycles. The second kappa shape index (κ2) is 13.4. The Bertz CT molecular complexity index is 657. The van der Waals surface area contributed by atoms with Gasteiger partial charge in [-0.1, -0.05) is 6.07 Å². The van der Waals surface area contributed by atoms with E-state index in [1.54, 1.807) is 7.11 Å². The summed E-state index contributed by atoms with van der Waals surface area (Å²) < 4.78 is 17.3. The van der Waals surface area contributed by atoms with Crippen molar-refractivity contribution in [2.75, 3.05) is 40.0 Å². The predicted molar refractivity (Wildman–Crippen MR) is 132 cm³/mol. The van der Waals surface area contributed by atoms with E-state index in [4.69, 9.17) is 19.2 Å². The first-order chi connectivity index (χ1) is 14.2. The average Bonchev–Trinajstić information content (AvgIpc) is 2.76. The normalized spacial score (nSPS) is 20.6. The van der Waals surface area contributed by atoms with Crippen LogP contribution >= 0.6 is 24.0 Å². The van der Waals surface area contributed by atoms with Crippen molar-refractivity contribution in [3.8, 4) is 5.75 Å². The number of nitrogens with one attached hydrogen (secondary N) is 1. The maximum Gasteiger partial charge on any atom is 0.194 e. The van der Waals surface area contributed by atoms with Crippen LogP contribution in [-0.2, 0) is 16.0 Å². The van der Waals surface area contributed by atoms with Gasteiger partial charge in [-0.15, -0.1) is 24.0 Å². The topological polar surface area (TPSA) is 55.3 Å². The number of halogens is 1. The number of hydrogen-bond donors (Lipinski definition) is 1. The van der Waals surface area contributed by atoms with Crippen molar-refractivity contribution in [2.45, 2.75) is 64.7 Å². The highest BCUT2D eigenvalue weighted by atomic mass is 127. The largest absolute Gasteiger partial charge is 0.497 e. The second-order valence-corrected chi connectivity index (χ2v) is 8.04. The third-order valence-corrected chi connectivity index (χ3v) is 5.63. The van der Waals surface area contributed by atoms with Gasteiger partial charge in [0.1, 0.15) is 5.75 Å². The van der Waals surface area contributed by atoms with Crippen molar-refractivity contribution < 1.29 is 14.2 Å². The molecule has 0 bridgehead atoms. The third-order valence-electron chi connectivity index (χ3n) is 5.63. The molecule has 1 aromatic carbocycles. The van der Waals surface area contributed by atoms with Crippen LogP contribution in [0, 0.1) is 6.92 Å². The lowest BCUT2D eigenvalue weighted by atomic mass is 10.1. The Morgan fingerprint density at radius 1 is 1.20 bits per heavy atom. The highest BCUT2D eigenvalue weighted by Crippen LogP contribution is 2.19. The smallest absolute Gasteiger partial charge is 0.194 e. The minimum atomic E-state index is 0. The number of nitrogens with zero attached hydrogens (tertiary/aromatic N) is 2. The number of likely N-dealkylation sites (tertiary alicyclic amines) is 1.